The molecular weight excluding hydrogens is 270 g/mol. The Morgan fingerprint density at radius 1 is 1.33 bits per heavy atom. The molecule has 2 aromatic rings. The first-order valence-electron chi connectivity index (χ1n) is 6.70. The van der Waals surface area contributed by atoms with Crippen LogP contribution in [0, 0.1) is 6.92 Å². The highest BCUT2D eigenvalue weighted by atomic mass is 16.5. The Hall–Kier alpha value is -2.41. The number of morpholine rings is 1. The van der Waals surface area contributed by atoms with Gasteiger partial charge in [-0.25, -0.2) is 15.0 Å². The maximum Gasteiger partial charge on any atom is 0.274 e. The van der Waals surface area contributed by atoms with E-state index < -0.39 is 0 Å². The van der Waals surface area contributed by atoms with E-state index in [0.717, 1.165) is 5.69 Å². The van der Waals surface area contributed by atoms with Crippen molar-refractivity contribution in [2.24, 2.45) is 0 Å². The highest BCUT2D eigenvalue weighted by Crippen LogP contribution is 2.21. The van der Waals surface area contributed by atoms with Crippen molar-refractivity contribution in [2.45, 2.75) is 13.0 Å². The maximum absolute atomic E-state index is 12.4. The topological polar surface area (TPSA) is 81.1 Å². The first-order valence-corrected chi connectivity index (χ1v) is 6.70. The van der Waals surface area contributed by atoms with Gasteiger partial charge in [-0.05, 0) is 13.0 Å². The van der Waals surface area contributed by atoms with Gasteiger partial charge in [0.05, 0.1) is 25.0 Å². The number of aromatic nitrogens is 4. The number of hydrogen-bond donors (Lipinski definition) is 0. The molecule has 1 aliphatic heterocycles. The Morgan fingerprint density at radius 3 is 3.00 bits per heavy atom. The van der Waals surface area contributed by atoms with E-state index in [-0.39, 0.29) is 12.0 Å². The molecular formula is C14H15N5O2. The molecule has 108 valence electrons. The molecule has 1 amide bonds. The predicted octanol–water partition coefficient (Wildman–Crippen LogP) is 0.789. The molecule has 7 heteroatoms. The first-order chi connectivity index (χ1) is 10.2. The van der Waals surface area contributed by atoms with Crippen molar-refractivity contribution in [3.05, 3.63) is 48.1 Å². The van der Waals surface area contributed by atoms with E-state index in [1.54, 1.807) is 17.3 Å². The summed E-state index contributed by atoms with van der Waals surface area (Å²) in [6, 6.07) is 1.81. The third-order valence-corrected chi connectivity index (χ3v) is 3.26. The quantitative estimate of drug-likeness (QED) is 0.811. The standard InChI is InChI=1S/C14H15N5O2/c1-10-16-3-2-11(18-10)13-9-19(6-7-21-13)14(20)12-8-15-4-5-17-12/h2-5,8,13H,6-7,9H2,1H3/t13-/m0/s1. The molecule has 0 aromatic carbocycles. The van der Waals surface area contributed by atoms with Gasteiger partial charge in [-0.15, -0.1) is 0 Å². The van der Waals surface area contributed by atoms with Gasteiger partial charge in [0, 0.05) is 25.1 Å². The number of amides is 1. The van der Waals surface area contributed by atoms with Gasteiger partial charge in [0.25, 0.3) is 5.91 Å². The fraction of sp³-hybridized carbons (Fsp3) is 0.357. The van der Waals surface area contributed by atoms with E-state index >= 15 is 0 Å². The van der Waals surface area contributed by atoms with Crippen LogP contribution in [-0.2, 0) is 4.74 Å². The van der Waals surface area contributed by atoms with Crippen LogP contribution >= 0.6 is 0 Å². The third kappa shape index (κ3) is 3.03. The largest absolute Gasteiger partial charge is 0.368 e. The monoisotopic (exact) mass is 285 g/mol. The van der Waals surface area contributed by atoms with Crippen LogP contribution in [0.25, 0.3) is 0 Å². The van der Waals surface area contributed by atoms with Crippen molar-refractivity contribution in [3.8, 4) is 0 Å². The zero-order valence-electron chi connectivity index (χ0n) is 11.6. The second kappa shape index (κ2) is 5.92. The highest BCUT2D eigenvalue weighted by Gasteiger charge is 2.27. The number of nitrogens with zero attached hydrogens (tertiary/aromatic N) is 5. The second-order valence-electron chi connectivity index (χ2n) is 4.73. The summed E-state index contributed by atoms with van der Waals surface area (Å²) in [7, 11) is 0. The number of carbonyl (C=O) groups excluding carboxylic acids is 1. The average molecular weight is 285 g/mol. The van der Waals surface area contributed by atoms with E-state index in [1.807, 2.05) is 13.0 Å². The minimum absolute atomic E-state index is 0.137. The molecule has 0 saturated carbocycles. The summed E-state index contributed by atoms with van der Waals surface area (Å²) in [6.07, 6.45) is 5.99. The van der Waals surface area contributed by atoms with Crippen LogP contribution in [0.15, 0.2) is 30.9 Å². The number of hydrogen-bond acceptors (Lipinski definition) is 6. The highest BCUT2D eigenvalue weighted by molar-refractivity contribution is 5.92. The number of aryl methyl sites for hydroxylation is 1. The van der Waals surface area contributed by atoms with E-state index in [0.29, 0.717) is 31.2 Å². The Morgan fingerprint density at radius 2 is 2.24 bits per heavy atom. The Balaban J connectivity index is 1.75. The van der Waals surface area contributed by atoms with Crippen LogP contribution in [0.2, 0.25) is 0 Å². The van der Waals surface area contributed by atoms with Crippen LogP contribution in [0.3, 0.4) is 0 Å². The summed E-state index contributed by atoms with van der Waals surface area (Å²) >= 11 is 0. The van der Waals surface area contributed by atoms with E-state index in [2.05, 4.69) is 19.9 Å². The van der Waals surface area contributed by atoms with Crippen LogP contribution in [0.1, 0.15) is 28.1 Å². The van der Waals surface area contributed by atoms with E-state index in [9.17, 15) is 4.79 Å². The summed E-state index contributed by atoms with van der Waals surface area (Å²) in [5, 5.41) is 0. The van der Waals surface area contributed by atoms with Crippen molar-refractivity contribution in [1.29, 1.82) is 0 Å². The summed E-state index contributed by atoms with van der Waals surface area (Å²) in [4.78, 5) is 30.5. The minimum atomic E-state index is -0.235. The first kappa shape index (κ1) is 13.6. The SMILES string of the molecule is Cc1nccc([C@@H]2CN(C(=O)c3cnccn3)CCO2)n1. The molecule has 0 N–H and O–H groups in total. The van der Waals surface area contributed by atoms with Crippen molar-refractivity contribution in [3.63, 3.8) is 0 Å². The molecule has 1 atom stereocenters. The lowest BCUT2D eigenvalue weighted by molar-refractivity contribution is -0.0250. The third-order valence-electron chi connectivity index (χ3n) is 3.26. The minimum Gasteiger partial charge on any atom is -0.368 e. The van der Waals surface area contributed by atoms with Crippen LogP contribution in [-0.4, -0.2) is 50.4 Å². The second-order valence-corrected chi connectivity index (χ2v) is 4.73. The molecule has 3 rings (SSSR count). The van der Waals surface area contributed by atoms with Gasteiger partial charge in [-0.2, -0.15) is 0 Å². The number of carbonyl (C=O) groups is 1. The molecule has 3 heterocycles. The van der Waals surface area contributed by atoms with Gasteiger partial charge >= 0.3 is 0 Å². The Kier molecular flexibility index (Phi) is 3.83. The molecule has 2 aromatic heterocycles. The van der Waals surface area contributed by atoms with Crippen LogP contribution in [0.4, 0.5) is 0 Å². The normalized spacial score (nSPS) is 18.5. The summed E-state index contributed by atoms with van der Waals surface area (Å²) in [5.74, 6) is 0.552. The summed E-state index contributed by atoms with van der Waals surface area (Å²) < 4.78 is 5.72. The van der Waals surface area contributed by atoms with Gasteiger partial charge < -0.3 is 9.64 Å². The van der Waals surface area contributed by atoms with Crippen molar-refractivity contribution < 1.29 is 9.53 Å². The smallest absolute Gasteiger partial charge is 0.274 e. The van der Waals surface area contributed by atoms with Crippen molar-refractivity contribution in [1.82, 2.24) is 24.8 Å². The maximum atomic E-state index is 12.4. The Labute approximate surface area is 122 Å². The van der Waals surface area contributed by atoms with Crippen molar-refractivity contribution >= 4 is 5.91 Å². The molecule has 0 aliphatic carbocycles. The average Bonchev–Trinajstić information content (AvgIpc) is 2.55. The van der Waals surface area contributed by atoms with Gasteiger partial charge in [-0.3, -0.25) is 9.78 Å². The van der Waals surface area contributed by atoms with Crippen LogP contribution < -0.4 is 0 Å². The number of rotatable bonds is 2. The van der Waals surface area contributed by atoms with Crippen molar-refractivity contribution in [2.75, 3.05) is 19.7 Å². The summed E-state index contributed by atoms with van der Waals surface area (Å²) in [6.45, 7) is 3.29. The Bertz CT molecular complexity index is 634. The van der Waals surface area contributed by atoms with Gasteiger partial charge in [0.1, 0.15) is 17.6 Å². The zero-order chi connectivity index (χ0) is 14.7. The molecule has 0 radical (unpaired) electrons. The number of ether oxygens (including phenoxy) is 1. The molecule has 0 spiro atoms. The van der Waals surface area contributed by atoms with Crippen LogP contribution in [0.5, 0.6) is 0 Å². The summed E-state index contributed by atoms with van der Waals surface area (Å²) in [5.41, 5.74) is 1.14. The molecule has 21 heavy (non-hydrogen) atoms. The lowest BCUT2D eigenvalue weighted by Gasteiger charge is -2.32. The molecule has 0 bridgehead atoms. The van der Waals surface area contributed by atoms with E-state index in [1.165, 1.54) is 12.4 Å². The lowest BCUT2D eigenvalue weighted by Crippen LogP contribution is -2.42. The fourth-order valence-electron chi connectivity index (χ4n) is 2.24. The zero-order valence-corrected chi connectivity index (χ0v) is 11.6. The van der Waals surface area contributed by atoms with Gasteiger partial charge in [0.2, 0.25) is 0 Å². The van der Waals surface area contributed by atoms with E-state index in [4.69, 9.17) is 4.74 Å². The fourth-order valence-corrected chi connectivity index (χ4v) is 2.24. The molecule has 0 unspecified atom stereocenters. The molecule has 1 fully saturated rings. The van der Waals surface area contributed by atoms with Gasteiger partial charge in [-0.1, -0.05) is 0 Å². The predicted molar refractivity (Wildman–Crippen MR) is 73.4 cm³/mol. The van der Waals surface area contributed by atoms with Gasteiger partial charge in [0.15, 0.2) is 0 Å². The molecule has 7 nitrogen and oxygen atoms in total. The molecule has 1 saturated heterocycles. The molecule has 1 aliphatic rings. The lowest BCUT2D eigenvalue weighted by atomic mass is 10.2.